The van der Waals surface area contributed by atoms with E-state index < -0.39 is 0 Å². The third-order valence-electron chi connectivity index (χ3n) is 3.44. The minimum Gasteiger partial charge on any atom is -0.384 e. The Kier molecular flexibility index (Phi) is 5.56. The fourth-order valence-electron chi connectivity index (χ4n) is 2.46. The van der Waals surface area contributed by atoms with Gasteiger partial charge >= 0.3 is 0 Å². The number of anilines is 1. The third kappa shape index (κ3) is 4.67. The summed E-state index contributed by atoms with van der Waals surface area (Å²) < 4.78 is 0. The average molecular weight is 269 g/mol. The van der Waals surface area contributed by atoms with Gasteiger partial charge < -0.3 is 11.1 Å². The van der Waals surface area contributed by atoms with Crippen LogP contribution in [0.3, 0.4) is 0 Å². The monoisotopic (exact) mass is 269 g/mol. The lowest BCUT2D eigenvalue weighted by molar-refractivity contribution is 0.491. The van der Waals surface area contributed by atoms with Crippen LogP contribution in [0.25, 0.3) is 0 Å². The minimum atomic E-state index is 0.474. The lowest BCUT2D eigenvalue weighted by atomic mass is 9.99. The molecule has 1 atom stereocenters. The van der Waals surface area contributed by atoms with Gasteiger partial charge in [-0.25, -0.2) is 4.98 Å². The van der Waals surface area contributed by atoms with Gasteiger partial charge in [0.15, 0.2) is 0 Å². The molecule has 1 aromatic carbocycles. The first-order valence-electron chi connectivity index (χ1n) is 7.25. The van der Waals surface area contributed by atoms with E-state index in [1.165, 1.54) is 11.1 Å². The molecule has 1 unspecified atom stereocenters. The molecule has 3 N–H and O–H groups in total. The first-order valence-corrected chi connectivity index (χ1v) is 7.25. The van der Waals surface area contributed by atoms with Crippen LogP contribution in [-0.4, -0.2) is 17.6 Å². The van der Waals surface area contributed by atoms with E-state index in [1.807, 2.05) is 12.1 Å². The highest BCUT2D eigenvalue weighted by Crippen LogP contribution is 2.11. The Morgan fingerprint density at radius 1 is 1.15 bits per heavy atom. The van der Waals surface area contributed by atoms with E-state index in [0.29, 0.717) is 11.9 Å². The molecule has 0 aliphatic rings. The van der Waals surface area contributed by atoms with Crippen molar-refractivity contribution >= 4 is 5.82 Å². The normalized spacial score (nSPS) is 12.2. The topological polar surface area (TPSA) is 50.9 Å². The van der Waals surface area contributed by atoms with Crippen LogP contribution in [0.2, 0.25) is 0 Å². The van der Waals surface area contributed by atoms with Gasteiger partial charge in [-0.3, -0.25) is 0 Å². The standard InChI is InChI=1S/C17H23N3/c1-2-19-16(9-8-14-6-4-3-5-7-14)12-15-10-11-20-17(18)13-15/h3-7,10-11,13,16,19H,2,8-9,12H2,1H3,(H2,18,20). The molecule has 20 heavy (non-hydrogen) atoms. The Hall–Kier alpha value is -1.87. The van der Waals surface area contributed by atoms with Gasteiger partial charge in [0.2, 0.25) is 0 Å². The summed E-state index contributed by atoms with van der Waals surface area (Å²) in [5, 5.41) is 3.56. The lowest BCUT2D eigenvalue weighted by Crippen LogP contribution is -2.31. The predicted molar refractivity (Wildman–Crippen MR) is 84.6 cm³/mol. The molecule has 0 spiro atoms. The molecule has 0 fully saturated rings. The van der Waals surface area contributed by atoms with Gasteiger partial charge in [-0.2, -0.15) is 0 Å². The van der Waals surface area contributed by atoms with E-state index in [4.69, 9.17) is 5.73 Å². The van der Waals surface area contributed by atoms with Gasteiger partial charge in [0.05, 0.1) is 0 Å². The van der Waals surface area contributed by atoms with Crippen LogP contribution in [-0.2, 0) is 12.8 Å². The van der Waals surface area contributed by atoms with Crippen LogP contribution in [0.15, 0.2) is 48.7 Å². The van der Waals surface area contributed by atoms with E-state index in [0.717, 1.165) is 25.8 Å². The number of hydrogen-bond acceptors (Lipinski definition) is 3. The molecule has 0 aliphatic heterocycles. The molecule has 3 heteroatoms. The van der Waals surface area contributed by atoms with Crippen LogP contribution in [0.1, 0.15) is 24.5 Å². The summed E-state index contributed by atoms with van der Waals surface area (Å²) in [6.45, 7) is 3.14. The first kappa shape index (κ1) is 14.5. The number of benzene rings is 1. The van der Waals surface area contributed by atoms with Gasteiger partial charge in [0.1, 0.15) is 5.82 Å². The summed E-state index contributed by atoms with van der Waals surface area (Å²) in [5.74, 6) is 0.598. The van der Waals surface area contributed by atoms with E-state index >= 15 is 0 Å². The molecule has 1 heterocycles. The Labute approximate surface area is 121 Å². The quantitative estimate of drug-likeness (QED) is 0.812. The summed E-state index contributed by atoms with van der Waals surface area (Å²) in [7, 11) is 0. The molecule has 2 rings (SSSR count). The van der Waals surface area contributed by atoms with Crippen LogP contribution in [0.5, 0.6) is 0 Å². The minimum absolute atomic E-state index is 0.474. The lowest BCUT2D eigenvalue weighted by Gasteiger charge is -2.18. The second-order valence-electron chi connectivity index (χ2n) is 5.07. The van der Waals surface area contributed by atoms with Crippen LogP contribution < -0.4 is 11.1 Å². The number of hydrogen-bond donors (Lipinski definition) is 2. The largest absolute Gasteiger partial charge is 0.384 e. The van der Waals surface area contributed by atoms with E-state index in [1.54, 1.807) is 6.20 Å². The van der Waals surface area contributed by atoms with Crippen LogP contribution >= 0.6 is 0 Å². The molecule has 0 radical (unpaired) electrons. The van der Waals surface area contributed by atoms with Gasteiger partial charge in [-0.05, 0) is 49.1 Å². The summed E-state index contributed by atoms with van der Waals surface area (Å²) in [5.41, 5.74) is 8.38. The zero-order valence-electron chi connectivity index (χ0n) is 12.0. The number of nitrogens with two attached hydrogens (primary N) is 1. The predicted octanol–water partition coefficient (Wildman–Crippen LogP) is 2.82. The van der Waals surface area contributed by atoms with Crippen molar-refractivity contribution in [2.75, 3.05) is 12.3 Å². The van der Waals surface area contributed by atoms with Crippen molar-refractivity contribution in [3.8, 4) is 0 Å². The molecule has 3 nitrogen and oxygen atoms in total. The molecule has 106 valence electrons. The molecule has 0 aliphatic carbocycles. The van der Waals surface area contributed by atoms with Crippen molar-refractivity contribution in [1.82, 2.24) is 10.3 Å². The molecule has 1 aromatic heterocycles. The fraction of sp³-hybridized carbons (Fsp3) is 0.353. The highest BCUT2D eigenvalue weighted by atomic mass is 14.9. The second-order valence-corrected chi connectivity index (χ2v) is 5.07. The van der Waals surface area contributed by atoms with Crippen molar-refractivity contribution < 1.29 is 0 Å². The van der Waals surface area contributed by atoms with Crippen LogP contribution in [0.4, 0.5) is 5.82 Å². The number of aromatic nitrogens is 1. The van der Waals surface area contributed by atoms with E-state index in [2.05, 4.69) is 47.6 Å². The maximum atomic E-state index is 5.74. The fourth-order valence-corrected chi connectivity index (χ4v) is 2.46. The molecule has 0 saturated carbocycles. The summed E-state index contributed by atoms with van der Waals surface area (Å²) in [6.07, 6.45) is 5.00. The zero-order valence-corrected chi connectivity index (χ0v) is 12.0. The molecule has 0 bridgehead atoms. The summed E-state index contributed by atoms with van der Waals surface area (Å²) in [4.78, 5) is 4.04. The SMILES string of the molecule is CCNC(CCc1ccccc1)Cc1ccnc(N)c1. The van der Waals surface area contributed by atoms with Gasteiger partial charge in [-0.15, -0.1) is 0 Å². The zero-order chi connectivity index (χ0) is 14.2. The third-order valence-corrected chi connectivity index (χ3v) is 3.44. The number of nitrogen functional groups attached to an aromatic ring is 1. The number of aryl methyl sites for hydroxylation is 1. The van der Waals surface area contributed by atoms with Crippen molar-refractivity contribution in [3.05, 3.63) is 59.8 Å². The van der Waals surface area contributed by atoms with E-state index in [9.17, 15) is 0 Å². The Morgan fingerprint density at radius 2 is 1.95 bits per heavy atom. The van der Waals surface area contributed by atoms with Gasteiger partial charge in [-0.1, -0.05) is 37.3 Å². The maximum absolute atomic E-state index is 5.74. The first-order chi connectivity index (χ1) is 9.78. The van der Waals surface area contributed by atoms with Crippen molar-refractivity contribution in [1.29, 1.82) is 0 Å². The molecule has 2 aromatic rings. The van der Waals surface area contributed by atoms with Crippen molar-refractivity contribution in [2.24, 2.45) is 0 Å². The number of nitrogens with one attached hydrogen (secondary N) is 1. The maximum Gasteiger partial charge on any atom is 0.123 e. The van der Waals surface area contributed by atoms with Gasteiger partial charge in [0, 0.05) is 12.2 Å². The highest BCUT2D eigenvalue weighted by Gasteiger charge is 2.09. The molecule has 0 amide bonds. The van der Waals surface area contributed by atoms with E-state index in [-0.39, 0.29) is 0 Å². The molecule has 0 saturated heterocycles. The number of rotatable bonds is 7. The Morgan fingerprint density at radius 3 is 2.65 bits per heavy atom. The number of pyridine rings is 1. The smallest absolute Gasteiger partial charge is 0.123 e. The molecular weight excluding hydrogens is 246 g/mol. The number of nitrogens with zero attached hydrogens (tertiary/aromatic N) is 1. The average Bonchev–Trinajstić information content (AvgIpc) is 2.46. The summed E-state index contributed by atoms with van der Waals surface area (Å²) in [6, 6.07) is 15.1. The summed E-state index contributed by atoms with van der Waals surface area (Å²) >= 11 is 0. The van der Waals surface area contributed by atoms with Gasteiger partial charge in [0.25, 0.3) is 0 Å². The Balaban J connectivity index is 1.93. The second kappa shape index (κ2) is 7.65. The molecular formula is C17H23N3. The van der Waals surface area contributed by atoms with Crippen molar-refractivity contribution in [2.45, 2.75) is 32.2 Å². The number of likely N-dealkylation sites (N-methyl/N-ethyl adjacent to an activating group) is 1. The van der Waals surface area contributed by atoms with Crippen molar-refractivity contribution in [3.63, 3.8) is 0 Å². The van der Waals surface area contributed by atoms with Crippen LogP contribution in [0, 0.1) is 0 Å². The Bertz CT molecular complexity index is 511. The highest BCUT2D eigenvalue weighted by molar-refractivity contribution is 5.32.